The summed E-state index contributed by atoms with van der Waals surface area (Å²) in [6, 6.07) is 16.8. The zero-order chi connectivity index (χ0) is 16.2. The summed E-state index contributed by atoms with van der Waals surface area (Å²) in [4.78, 5) is 0. The van der Waals surface area contributed by atoms with E-state index in [1.165, 1.54) is 22.0 Å². The summed E-state index contributed by atoms with van der Waals surface area (Å²) in [6.07, 6.45) is 3.19. The summed E-state index contributed by atoms with van der Waals surface area (Å²) in [6.45, 7) is 3.76. The Balaban J connectivity index is 1.99. The molecule has 0 aliphatic carbocycles. The number of fused-ring (bicyclic) bond motifs is 1. The molecule has 0 saturated carbocycles. The number of methoxy groups -OCH3 is 1. The highest BCUT2D eigenvalue weighted by Gasteiger charge is 2.17. The predicted octanol–water partition coefficient (Wildman–Crippen LogP) is 3.95. The molecule has 0 fully saturated rings. The molecule has 0 saturated heterocycles. The first-order chi connectivity index (χ1) is 11.3. The van der Waals surface area contributed by atoms with Gasteiger partial charge in [0, 0.05) is 29.6 Å². The lowest BCUT2D eigenvalue weighted by molar-refractivity contribution is 0.405. The summed E-state index contributed by atoms with van der Waals surface area (Å²) in [5.41, 5.74) is 9.93. The lowest BCUT2D eigenvalue weighted by Crippen LogP contribution is -2.15. The lowest BCUT2D eigenvalue weighted by Gasteiger charge is -2.18. The van der Waals surface area contributed by atoms with Gasteiger partial charge >= 0.3 is 0 Å². The van der Waals surface area contributed by atoms with Gasteiger partial charge in [-0.05, 0) is 43.1 Å². The monoisotopic (exact) mass is 308 g/mol. The zero-order valence-electron chi connectivity index (χ0n) is 13.8. The smallest absolute Gasteiger partial charge is 0.122 e. The molecule has 3 heteroatoms. The Kier molecular flexibility index (Phi) is 4.68. The minimum Gasteiger partial charge on any atom is -0.496 e. The highest BCUT2D eigenvalue weighted by atomic mass is 16.5. The first-order valence-corrected chi connectivity index (χ1v) is 8.18. The van der Waals surface area contributed by atoms with Crippen LogP contribution in [-0.4, -0.2) is 18.2 Å². The fraction of sp³-hybridized carbons (Fsp3) is 0.300. The minimum absolute atomic E-state index is 0.252. The van der Waals surface area contributed by atoms with E-state index in [4.69, 9.17) is 10.5 Å². The normalized spacial score (nSPS) is 12.5. The van der Waals surface area contributed by atoms with Crippen molar-refractivity contribution in [1.82, 2.24) is 4.57 Å². The summed E-state index contributed by atoms with van der Waals surface area (Å²) >= 11 is 0. The van der Waals surface area contributed by atoms with Gasteiger partial charge in [-0.15, -0.1) is 0 Å². The Morgan fingerprint density at radius 2 is 1.83 bits per heavy atom. The van der Waals surface area contributed by atoms with E-state index >= 15 is 0 Å². The Morgan fingerprint density at radius 3 is 2.57 bits per heavy atom. The molecule has 0 radical (unpaired) electrons. The fourth-order valence-corrected chi connectivity index (χ4v) is 3.34. The topological polar surface area (TPSA) is 40.2 Å². The number of hydrogen-bond acceptors (Lipinski definition) is 2. The maximum Gasteiger partial charge on any atom is 0.122 e. The second-order valence-electron chi connectivity index (χ2n) is 5.84. The molecule has 1 heterocycles. The number of nitrogens with two attached hydrogens (primary N) is 1. The number of benzene rings is 2. The number of rotatable bonds is 6. The largest absolute Gasteiger partial charge is 0.496 e. The van der Waals surface area contributed by atoms with Gasteiger partial charge in [0.25, 0.3) is 0 Å². The second-order valence-corrected chi connectivity index (χ2v) is 5.84. The molecular weight excluding hydrogens is 284 g/mol. The number of aromatic nitrogens is 1. The number of hydrogen-bond donors (Lipinski definition) is 1. The molecule has 2 N–H and O–H groups in total. The third-order valence-corrected chi connectivity index (χ3v) is 4.54. The lowest BCUT2D eigenvalue weighted by atomic mass is 9.91. The SMILES string of the molecule is CCn1cc(CC(CN)c2ccccc2OC)c2ccccc21. The van der Waals surface area contributed by atoms with Crippen molar-refractivity contribution < 1.29 is 4.74 Å². The molecule has 0 amide bonds. The zero-order valence-corrected chi connectivity index (χ0v) is 13.8. The quantitative estimate of drug-likeness (QED) is 0.749. The number of para-hydroxylation sites is 2. The van der Waals surface area contributed by atoms with Gasteiger partial charge in [-0.25, -0.2) is 0 Å². The van der Waals surface area contributed by atoms with Crippen LogP contribution in [0.25, 0.3) is 10.9 Å². The van der Waals surface area contributed by atoms with Gasteiger partial charge in [0.15, 0.2) is 0 Å². The van der Waals surface area contributed by atoms with Crippen molar-refractivity contribution in [3.05, 3.63) is 65.9 Å². The van der Waals surface area contributed by atoms with Crippen molar-refractivity contribution in [1.29, 1.82) is 0 Å². The number of ether oxygens (including phenoxy) is 1. The summed E-state index contributed by atoms with van der Waals surface area (Å²) in [5, 5.41) is 1.32. The molecular formula is C20H24N2O. The molecule has 0 spiro atoms. The average Bonchev–Trinajstić information content (AvgIpc) is 2.97. The number of nitrogens with zero attached hydrogens (tertiary/aromatic N) is 1. The van der Waals surface area contributed by atoms with E-state index in [1.807, 2.05) is 12.1 Å². The first kappa shape index (κ1) is 15.6. The van der Waals surface area contributed by atoms with Crippen LogP contribution in [0.3, 0.4) is 0 Å². The highest BCUT2D eigenvalue weighted by molar-refractivity contribution is 5.84. The van der Waals surface area contributed by atoms with Gasteiger partial charge in [0.05, 0.1) is 7.11 Å². The van der Waals surface area contributed by atoms with Crippen molar-refractivity contribution >= 4 is 10.9 Å². The van der Waals surface area contributed by atoms with Crippen molar-refractivity contribution in [2.24, 2.45) is 5.73 Å². The van der Waals surface area contributed by atoms with Crippen LogP contribution in [0.2, 0.25) is 0 Å². The van der Waals surface area contributed by atoms with Crippen LogP contribution in [0.5, 0.6) is 5.75 Å². The summed E-state index contributed by atoms with van der Waals surface area (Å²) < 4.78 is 7.82. The molecule has 1 atom stereocenters. The van der Waals surface area contributed by atoms with E-state index in [0.29, 0.717) is 6.54 Å². The van der Waals surface area contributed by atoms with E-state index in [-0.39, 0.29) is 5.92 Å². The minimum atomic E-state index is 0.252. The Morgan fingerprint density at radius 1 is 1.09 bits per heavy atom. The Hall–Kier alpha value is -2.26. The molecule has 3 aromatic rings. The van der Waals surface area contributed by atoms with Gasteiger partial charge in [-0.2, -0.15) is 0 Å². The second kappa shape index (κ2) is 6.88. The highest BCUT2D eigenvalue weighted by Crippen LogP contribution is 2.31. The molecule has 3 nitrogen and oxygen atoms in total. The Bertz CT molecular complexity index is 791. The summed E-state index contributed by atoms with van der Waals surface area (Å²) in [5.74, 6) is 1.17. The molecule has 0 aliphatic rings. The fourth-order valence-electron chi connectivity index (χ4n) is 3.34. The molecule has 1 aromatic heterocycles. The standard InChI is InChI=1S/C20H24N2O/c1-3-22-14-16(17-8-4-6-10-19(17)22)12-15(13-21)18-9-5-7-11-20(18)23-2/h4-11,14-15H,3,12-13,21H2,1-2H3. The predicted molar refractivity (Wildman–Crippen MR) is 96.1 cm³/mol. The van der Waals surface area contributed by atoms with Crippen molar-refractivity contribution in [2.45, 2.75) is 25.8 Å². The van der Waals surface area contributed by atoms with Crippen LogP contribution >= 0.6 is 0 Å². The molecule has 0 bridgehead atoms. The molecule has 1 unspecified atom stereocenters. The molecule has 0 aliphatic heterocycles. The van der Waals surface area contributed by atoms with Gasteiger partial charge in [-0.3, -0.25) is 0 Å². The van der Waals surface area contributed by atoms with Gasteiger partial charge < -0.3 is 15.0 Å². The van der Waals surface area contributed by atoms with Crippen LogP contribution in [0.15, 0.2) is 54.7 Å². The van der Waals surface area contributed by atoms with Crippen LogP contribution in [0.4, 0.5) is 0 Å². The molecule has 120 valence electrons. The van der Waals surface area contributed by atoms with Crippen molar-refractivity contribution in [3.63, 3.8) is 0 Å². The van der Waals surface area contributed by atoms with Crippen LogP contribution in [-0.2, 0) is 13.0 Å². The van der Waals surface area contributed by atoms with E-state index in [9.17, 15) is 0 Å². The van der Waals surface area contributed by atoms with Crippen LogP contribution in [0, 0.1) is 0 Å². The Labute approximate surface area is 137 Å². The van der Waals surface area contributed by atoms with E-state index < -0.39 is 0 Å². The molecule has 23 heavy (non-hydrogen) atoms. The average molecular weight is 308 g/mol. The van der Waals surface area contributed by atoms with Gasteiger partial charge in [0.1, 0.15) is 5.75 Å². The van der Waals surface area contributed by atoms with Crippen molar-refractivity contribution in [2.75, 3.05) is 13.7 Å². The van der Waals surface area contributed by atoms with Gasteiger partial charge in [-0.1, -0.05) is 36.4 Å². The van der Waals surface area contributed by atoms with E-state index in [0.717, 1.165) is 18.7 Å². The van der Waals surface area contributed by atoms with Crippen LogP contribution in [0.1, 0.15) is 24.0 Å². The third-order valence-electron chi connectivity index (χ3n) is 4.54. The van der Waals surface area contributed by atoms with Crippen LogP contribution < -0.4 is 10.5 Å². The maximum atomic E-state index is 6.10. The number of aryl methyl sites for hydroxylation is 1. The van der Waals surface area contributed by atoms with Crippen molar-refractivity contribution in [3.8, 4) is 5.75 Å². The van der Waals surface area contributed by atoms with E-state index in [2.05, 4.69) is 54.1 Å². The first-order valence-electron chi connectivity index (χ1n) is 8.18. The molecule has 3 rings (SSSR count). The van der Waals surface area contributed by atoms with E-state index in [1.54, 1.807) is 7.11 Å². The third kappa shape index (κ3) is 2.97. The molecule has 2 aromatic carbocycles. The van der Waals surface area contributed by atoms with Gasteiger partial charge in [0.2, 0.25) is 0 Å². The maximum absolute atomic E-state index is 6.10. The summed E-state index contributed by atoms with van der Waals surface area (Å²) in [7, 11) is 1.72.